The van der Waals surface area contributed by atoms with Gasteiger partial charge in [0.05, 0.1) is 0 Å². The molecule has 2 rings (SSSR count). The average Bonchev–Trinajstić information content (AvgIpc) is 2.96. The van der Waals surface area contributed by atoms with Crippen molar-refractivity contribution >= 4 is 8.60 Å². The lowest BCUT2D eigenvalue weighted by molar-refractivity contribution is -0.0896. The zero-order valence-corrected chi connectivity index (χ0v) is 25.8. The van der Waals surface area contributed by atoms with Crippen LogP contribution in [0, 0.1) is 0 Å². The predicted octanol–water partition coefficient (Wildman–Crippen LogP) is 11.8. The smallest absolute Gasteiger partial charge is 0.418 e. The number of hydrogen-bond acceptors (Lipinski definition) is 4. The Kier molecular flexibility index (Phi) is 20.9. The van der Waals surface area contributed by atoms with Crippen LogP contribution in [-0.4, -0.2) is 12.9 Å². The molecule has 2 aromatic carbocycles. The molecule has 39 heavy (non-hydrogen) atoms. The first-order chi connectivity index (χ1) is 19.3. The maximum atomic E-state index is 6.40. The second-order valence-corrected chi connectivity index (χ2v) is 11.6. The van der Waals surface area contributed by atoms with Gasteiger partial charge in [0.2, 0.25) is 0 Å². The Hall–Kier alpha value is -1.61. The standard InChI is InChI=1S/C34H55O4P/c1-3-5-7-9-11-13-15-17-25-31-35-34(30-24-16-14-12-10-8-6-4-2)38-39(36-32-26-20-18-21-27-32)37-33-28-22-19-23-29-33/h18-23,26-29,34H,3-17,24-25,30-31H2,1-2H3. The minimum Gasteiger partial charge on any atom is -0.418 e. The summed E-state index contributed by atoms with van der Waals surface area (Å²) in [4.78, 5) is 0. The van der Waals surface area contributed by atoms with Crippen molar-refractivity contribution in [2.45, 2.75) is 136 Å². The van der Waals surface area contributed by atoms with Crippen LogP contribution in [0.25, 0.3) is 0 Å². The Balaban J connectivity index is 1.83. The van der Waals surface area contributed by atoms with Gasteiger partial charge >= 0.3 is 8.60 Å². The van der Waals surface area contributed by atoms with E-state index in [2.05, 4.69) is 13.8 Å². The third-order valence-corrected chi connectivity index (χ3v) is 8.02. The zero-order chi connectivity index (χ0) is 27.6. The molecule has 0 bridgehead atoms. The number of para-hydroxylation sites is 2. The van der Waals surface area contributed by atoms with Gasteiger partial charge in [0, 0.05) is 6.61 Å². The molecule has 0 aliphatic heterocycles. The van der Waals surface area contributed by atoms with Crippen molar-refractivity contribution in [2.75, 3.05) is 6.61 Å². The van der Waals surface area contributed by atoms with E-state index in [1.54, 1.807) is 0 Å². The fourth-order valence-electron chi connectivity index (χ4n) is 4.53. The van der Waals surface area contributed by atoms with E-state index in [1.165, 1.54) is 96.3 Å². The van der Waals surface area contributed by atoms with E-state index in [-0.39, 0.29) is 6.29 Å². The van der Waals surface area contributed by atoms with Gasteiger partial charge in [-0.05, 0) is 43.5 Å². The molecular weight excluding hydrogens is 503 g/mol. The molecule has 0 saturated heterocycles. The molecule has 0 radical (unpaired) electrons. The molecule has 0 amide bonds. The van der Waals surface area contributed by atoms with Gasteiger partial charge in [0.15, 0.2) is 6.29 Å². The van der Waals surface area contributed by atoms with Gasteiger partial charge in [-0.1, -0.05) is 147 Å². The molecule has 0 heterocycles. The van der Waals surface area contributed by atoms with E-state index >= 15 is 0 Å². The average molecular weight is 559 g/mol. The van der Waals surface area contributed by atoms with Gasteiger partial charge in [0.25, 0.3) is 0 Å². The van der Waals surface area contributed by atoms with Crippen LogP contribution < -0.4 is 9.05 Å². The molecule has 1 unspecified atom stereocenters. The Morgan fingerprint density at radius 1 is 0.513 bits per heavy atom. The molecule has 1 atom stereocenters. The first-order valence-corrected chi connectivity index (χ1v) is 17.0. The van der Waals surface area contributed by atoms with Gasteiger partial charge in [-0.3, -0.25) is 4.52 Å². The van der Waals surface area contributed by atoms with Crippen LogP contribution in [-0.2, 0) is 9.26 Å². The van der Waals surface area contributed by atoms with Crippen LogP contribution in [0.1, 0.15) is 129 Å². The van der Waals surface area contributed by atoms with E-state index in [0.29, 0.717) is 0 Å². The summed E-state index contributed by atoms with van der Waals surface area (Å²) in [5.74, 6) is 1.48. The fraction of sp³-hybridized carbons (Fsp3) is 0.647. The van der Waals surface area contributed by atoms with Gasteiger partial charge in [-0.25, -0.2) is 0 Å². The van der Waals surface area contributed by atoms with Gasteiger partial charge in [-0.15, -0.1) is 0 Å². The summed E-state index contributed by atoms with van der Waals surface area (Å²) < 4.78 is 25.0. The molecule has 5 heteroatoms. The third-order valence-electron chi connectivity index (χ3n) is 6.89. The number of ether oxygens (including phenoxy) is 1. The third kappa shape index (κ3) is 18.4. The quantitative estimate of drug-likeness (QED) is 0.0653. The Morgan fingerprint density at radius 3 is 1.38 bits per heavy atom. The monoisotopic (exact) mass is 558 g/mol. The van der Waals surface area contributed by atoms with Crippen molar-refractivity contribution in [2.24, 2.45) is 0 Å². The molecule has 0 aliphatic carbocycles. The molecule has 0 fully saturated rings. The minimum absolute atomic E-state index is 0.322. The van der Waals surface area contributed by atoms with Crippen molar-refractivity contribution in [3.05, 3.63) is 60.7 Å². The van der Waals surface area contributed by atoms with Crippen LogP contribution in [0.4, 0.5) is 0 Å². The van der Waals surface area contributed by atoms with Crippen molar-refractivity contribution in [1.29, 1.82) is 0 Å². The molecule has 2 aromatic rings. The second-order valence-electron chi connectivity index (χ2n) is 10.5. The summed E-state index contributed by atoms with van der Waals surface area (Å²) in [6, 6.07) is 19.5. The Bertz CT molecular complexity index is 732. The maximum Gasteiger partial charge on any atom is 0.465 e. The molecule has 0 aromatic heterocycles. The summed E-state index contributed by atoms with van der Waals surface area (Å²) in [6.45, 7) is 5.26. The van der Waals surface area contributed by atoms with E-state index in [0.717, 1.165) is 37.4 Å². The second kappa shape index (κ2) is 24.2. The van der Waals surface area contributed by atoms with Crippen LogP contribution in [0.15, 0.2) is 60.7 Å². The maximum absolute atomic E-state index is 6.40. The minimum atomic E-state index is -1.65. The summed E-state index contributed by atoms with van der Waals surface area (Å²) in [5, 5.41) is 0. The van der Waals surface area contributed by atoms with E-state index in [9.17, 15) is 0 Å². The van der Waals surface area contributed by atoms with Gasteiger partial charge in [0.1, 0.15) is 11.5 Å². The lowest BCUT2D eigenvalue weighted by atomic mass is 10.1. The van der Waals surface area contributed by atoms with Crippen molar-refractivity contribution in [1.82, 2.24) is 0 Å². The highest BCUT2D eigenvalue weighted by Gasteiger charge is 2.24. The van der Waals surface area contributed by atoms with Crippen molar-refractivity contribution in [3.63, 3.8) is 0 Å². The van der Waals surface area contributed by atoms with Crippen LogP contribution >= 0.6 is 8.60 Å². The summed E-state index contributed by atoms with van der Waals surface area (Å²) >= 11 is 0. The largest absolute Gasteiger partial charge is 0.465 e. The van der Waals surface area contributed by atoms with E-state index < -0.39 is 8.60 Å². The van der Waals surface area contributed by atoms with E-state index in [4.69, 9.17) is 18.3 Å². The molecule has 0 saturated carbocycles. The predicted molar refractivity (Wildman–Crippen MR) is 166 cm³/mol. The first-order valence-electron chi connectivity index (χ1n) is 15.9. The first kappa shape index (κ1) is 33.6. The highest BCUT2D eigenvalue weighted by molar-refractivity contribution is 7.42. The highest BCUT2D eigenvalue weighted by atomic mass is 31.2. The summed E-state index contributed by atoms with van der Waals surface area (Å²) in [5.41, 5.74) is 0. The number of unbranched alkanes of at least 4 members (excludes halogenated alkanes) is 15. The van der Waals surface area contributed by atoms with Crippen LogP contribution in [0.3, 0.4) is 0 Å². The van der Waals surface area contributed by atoms with Gasteiger partial charge in [-0.2, -0.15) is 0 Å². The normalized spacial score (nSPS) is 12.1. The number of hydrogen-bond donors (Lipinski definition) is 0. The molecule has 0 N–H and O–H groups in total. The molecule has 4 nitrogen and oxygen atoms in total. The molecule has 0 spiro atoms. The zero-order valence-electron chi connectivity index (χ0n) is 24.9. The van der Waals surface area contributed by atoms with Crippen LogP contribution in [0.5, 0.6) is 11.5 Å². The topological polar surface area (TPSA) is 36.9 Å². The number of rotatable bonds is 26. The summed E-state index contributed by atoms with van der Waals surface area (Å²) in [7, 11) is -1.65. The lowest BCUT2D eigenvalue weighted by Gasteiger charge is -2.24. The van der Waals surface area contributed by atoms with E-state index in [1.807, 2.05) is 60.7 Å². The van der Waals surface area contributed by atoms with Crippen molar-refractivity contribution in [3.8, 4) is 11.5 Å². The molecular formula is C34H55O4P. The SMILES string of the molecule is CCCCCCCCCCCOC(CCCCCCCCCC)OP(Oc1ccccc1)Oc1ccccc1. The lowest BCUT2D eigenvalue weighted by Crippen LogP contribution is -2.18. The molecule has 0 aliphatic rings. The van der Waals surface area contributed by atoms with Crippen LogP contribution in [0.2, 0.25) is 0 Å². The molecule has 220 valence electrons. The highest BCUT2D eigenvalue weighted by Crippen LogP contribution is 2.43. The summed E-state index contributed by atoms with van der Waals surface area (Å²) in [6.07, 6.45) is 22.6. The number of benzene rings is 2. The Morgan fingerprint density at radius 2 is 0.923 bits per heavy atom. The van der Waals surface area contributed by atoms with Gasteiger partial charge < -0.3 is 13.8 Å². The van der Waals surface area contributed by atoms with Crippen molar-refractivity contribution < 1.29 is 18.3 Å². The Labute approximate surface area is 241 Å². The fourth-order valence-corrected chi connectivity index (χ4v) is 5.60.